The number of aryl methyl sites for hydroxylation is 1. The van der Waals surface area contributed by atoms with Crippen LogP contribution in [0.25, 0.3) is 0 Å². The Morgan fingerprint density at radius 3 is 2.92 bits per heavy atom. The van der Waals surface area contributed by atoms with E-state index in [0.717, 1.165) is 12.8 Å². The first-order valence-corrected chi connectivity index (χ1v) is 8.15. The highest BCUT2D eigenvalue weighted by Crippen LogP contribution is 2.32. The molecule has 1 unspecified atom stereocenters. The molecular weight excluding hydrogens is 325 g/mol. The van der Waals surface area contributed by atoms with Crippen LogP contribution < -0.4 is 4.74 Å². The maximum absolute atomic E-state index is 13.8. The molecule has 6 nitrogen and oxygen atoms in total. The van der Waals surface area contributed by atoms with Crippen molar-refractivity contribution in [1.29, 1.82) is 0 Å². The van der Waals surface area contributed by atoms with Gasteiger partial charge in [-0.1, -0.05) is 12.1 Å². The van der Waals surface area contributed by atoms with Crippen LogP contribution in [0.4, 0.5) is 4.39 Å². The fourth-order valence-corrected chi connectivity index (χ4v) is 2.94. The molecule has 25 heavy (non-hydrogen) atoms. The fraction of sp³-hybridized carbons (Fsp3) is 0.389. The molecule has 1 atom stereocenters. The van der Waals surface area contributed by atoms with Crippen LogP contribution in [0.15, 0.2) is 30.3 Å². The Morgan fingerprint density at radius 2 is 2.16 bits per heavy atom. The molecule has 0 N–H and O–H groups in total. The van der Waals surface area contributed by atoms with Crippen molar-refractivity contribution in [2.45, 2.75) is 25.8 Å². The predicted octanol–water partition coefficient (Wildman–Crippen LogP) is 3.03. The second-order valence-corrected chi connectivity index (χ2v) is 5.92. The lowest BCUT2D eigenvalue weighted by Crippen LogP contribution is -2.34. The van der Waals surface area contributed by atoms with Crippen molar-refractivity contribution in [2.24, 2.45) is 0 Å². The zero-order chi connectivity index (χ0) is 17.8. The number of benzene rings is 1. The summed E-state index contributed by atoms with van der Waals surface area (Å²) in [4.78, 5) is 22.8. The number of methoxy groups -OCH3 is 1. The van der Waals surface area contributed by atoms with E-state index in [9.17, 15) is 9.18 Å². The first kappa shape index (κ1) is 17.3. The van der Waals surface area contributed by atoms with Gasteiger partial charge in [-0.05, 0) is 31.9 Å². The van der Waals surface area contributed by atoms with Gasteiger partial charge in [-0.3, -0.25) is 4.79 Å². The van der Waals surface area contributed by atoms with E-state index in [1.54, 1.807) is 23.1 Å². The van der Waals surface area contributed by atoms with Crippen LogP contribution in [0, 0.1) is 12.7 Å². The molecule has 1 fully saturated rings. The molecule has 1 aromatic heterocycles. The smallest absolute Gasteiger partial charge is 0.249 e. The molecule has 1 amide bonds. The lowest BCUT2D eigenvalue weighted by molar-refractivity contribution is -0.136. The summed E-state index contributed by atoms with van der Waals surface area (Å²) in [7, 11) is 1.49. The van der Waals surface area contributed by atoms with Crippen molar-refractivity contribution in [3.05, 3.63) is 47.7 Å². The van der Waals surface area contributed by atoms with Gasteiger partial charge in [-0.15, -0.1) is 0 Å². The Morgan fingerprint density at radius 1 is 1.36 bits per heavy atom. The summed E-state index contributed by atoms with van der Waals surface area (Å²) in [5.74, 6) is 0.321. The third kappa shape index (κ3) is 3.93. The molecule has 1 saturated heterocycles. The molecule has 2 aromatic rings. The fourth-order valence-electron chi connectivity index (χ4n) is 2.94. The number of carbonyl (C=O) groups is 1. The number of hydrogen-bond donors (Lipinski definition) is 0. The van der Waals surface area contributed by atoms with Gasteiger partial charge in [0, 0.05) is 25.4 Å². The molecule has 3 rings (SSSR count). The molecule has 0 bridgehead atoms. The number of amides is 1. The molecule has 1 aliphatic heterocycles. The van der Waals surface area contributed by atoms with Crippen LogP contribution in [-0.2, 0) is 9.53 Å². The number of likely N-dealkylation sites (tertiary alicyclic amines) is 1. The summed E-state index contributed by atoms with van der Waals surface area (Å²) < 4.78 is 24.3. The van der Waals surface area contributed by atoms with Gasteiger partial charge >= 0.3 is 0 Å². The van der Waals surface area contributed by atoms with Crippen molar-refractivity contribution in [1.82, 2.24) is 14.9 Å². The van der Waals surface area contributed by atoms with E-state index in [4.69, 9.17) is 9.47 Å². The average molecular weight is 345 g/mol. The van der Waals surface area contributed by atoms with E-state index in [-0.39, 0.29) is 30.2 Å². The minimum Gasteiger partial charge on any atom is -0.436 e. The van der Waals surface area contributed by atoms with Crippen LogP contribution >= 0.6 is 0 Å². The minimum atomic E-state index is -0.460. The van der Waals surface area contributed by atoms with E-state index in [2.05, 4.69) is 9.97 Å². The summed E-state index contributed by atoms with van der Waals surface area (Å²) in [5.41, 5.74) is 0.697. The largest absolute Gasteiger partial charge is 0.436 e. The van der Waals surface area contributed by atoms with E-state index >= 15 is 0 Å². The predicted molar refractivity (Wildman–Crippen MR) is 88.8 cm³/mol. The van der Waals surface area contributed by atoms with Gasteiger partial charge in [-0.2, -0.15) is 4.98 Å². The van der Waals surface area contributed by atoms with Crippen LogP contribution in [0.5, 0.6) is 11.6 Å². The highest BCUT2D eigenvalue weighted by molar-refractivity contribution is 5.78. The third-order valence-corrected chi connectivity index (χ3v) is 4.04. The summed E-state index contributed by atoms with van der Waals surface area (Å²) in [6.07, 6.45) is 1.65. The molecule has 132 valence electrons. The summed E-state index contributed by atoms with van der Waals surface area (Å²) in [5, 5.41) is 0. The topological polar surface area (TPSA) is 64.5 Å². The maximum Gasteiger partial charge on any atom is 0.249 e. The molecule has 1 aromatic carbocycles. The monoisotopic (exact) mass is 345 g/mol. The Kier molecular flexibility index (Phi) is 5.23. The number of nitrogens with zero attached hydrogens (tertiary/aromatic N) is 3. The summed E-state index contributed by atoms with van der Waals surface area (Å²) in [6.45, 7) is 2.49. The Bertz CT molecular complexity index is 769. The zero-order valence-electron chi connectivity index (χ0n) is 14.2. The molecular formula is C18H20FN3O3. The zero-order valence-corrected chi connectivity index (χ0v) is 14.2. The van der Waals surface area contributed by atoms with Crippen molar-refractivity contribution >= 4 is 5.91 Å². The number of hydrogen-bond acceptors (Lipinski definition) is 5. The highest BCUT2D eigenvalue weighted by atomic mass is 19.1. The first-order valence-electron chi connectivity index (χ1n) is 8.15. The van der Waals surface area contributed by atoms with E-state index in [0.29, 0.717) is 18.1 Å². The molecule has 0 aliphatic carbocycles. The summed E-state index contributed by atoms with van der Waals surface area (Å²) in [6, 6.07) is 7.58. The van der Waals surface area contributed by atoms with E-state index in [1.807, 2.05) is 6.92 Å². The van der Waals surface area contributed by atoms with E-state index < -0.39 is 5.82 Å². The van der Waals surface area contributed by atoms with Gasteiger partial charge in [0.15, 0.2) is 17.4 Å². The van der Waals surface area contributed by atoms with Gasteiger partial charge in [0.1, 0.15) is 6.61 Å². The van der Waals surface area contributed by atoms with Crippen molar-refractivity contribution in [2.75, 3.05) is 20.3 Å². The minimum absolute atomic E-state index is 0.0287. The number of carbonyl (C=O) groups excluding carboxylic acids is 1. The molecule has 0 radical (unpaired) electrons. The molecule has 0 spiro atoms. The second kappa shape index (κ2) is 7.57. The molecule has 2 heterocycles. The van der Waals surface area contributed by atoms with Crippen LogP contribution in [0.1, 0.15) is 30.4 Å². The van der Waals surface area contributed by atoms with Gasteiger partial charge in [0.25, 0.3) is 0 Å². The van der Waals surface area contributed by atoms with Crippen molar-refractivity contribution in [3.8, 4) is 11.6 Å². The Labute approximate surface area is 145 Å². The standard InChI is InChI=1S/C18H20FN3O3/c1-12-10-16(25-15-8-4-3-6-13(15)19)21-18(20-12)14-7-5-9-22(14)17(23)11-24-2/h3-4,6,8,10,14H,5,7,9,11H2,1-2H3. The normalized spacial score (nSPS) is 16.9. The number of rotatable bonds is 5. The lowest BCUT2D eigenvalue weighted by atomic mass is 10.2. The highest BCUT2D eigenvalue weighted by Gasteiger charge is 2.32. The third-order valence-electron chi connectivity index (χ3n) is 4.04. The molecule has 7 heteroatoms. The number of ether oxygens (including phenoxy) is 2. The van der Waals surface area contributed by atoms with Crippen molar-refractivity contribution < 1.29 is 18.7 Å². The quantitative estimate of drug-likeness (QED) is 0.833. The molecule has 1 aliphatic rings. The lowest BCUT2D eigenvalue weighted by Gasteiger charge is -2.23. The number of para-hydroxylation sites is 1. The van der Waals surface area contributed by atoms with Gasteiger partial charge in [-0.25, -0.2) is 9.37 Å². The van der Waals surface area contributed by atoms with Gasteiger partial charge in [0.2, 0.25) is 11.8 Å². The van der Waals surface area contributed by atoms with E-state index in [1.165, 1.54) is 19.2 Å². The number of aromatic nitrogens is 2. The van der Waals surface area contributed by atoms with Gasteiger partial charge < -0.3 is 14.4 Å². The summed E-state index contributed by atoms with van der Waals surface area (Å²) >= 11 is 0. The van der Waals surface area contributed by atoms with Crippen LogP contribution in [0.3, 0.4) is 0 Å². The van der Waals surface area contributed by atoms with Gasteiger partial charge in [0.05, 0.1) is 6.04 Å². The SMILES string of the molecule is COCC(=O)N1CCCC1c1nc(C)cc(Oc2ccccc2F)n1. The Hall–Kier alpha value is -2.54. The first-order chi connectivity index (χ1) is 12.1. The van der Waals surface area contributed by atoms with Crippen LogP contribution in [0.2, 0.25) is 0 Å². The molecule has 0 saturated carbocycles. The number of halogens is 1. The van der Waals surface area contributed by atoms with Crippen LogP contribution in [-0.4, -0.2) is 41.0 Å². The Balaban J connectivity index is 1.86. The second-order valence-electron chi connectivity index (χ2n) is 5.92. The average Bonchev–Trinajstić information content (AvgIpc) is 3.06. The maximum atomic E-state index is 13.8. The van der Waals surface area contributed by atoms with Crippen molar-refractivity contribution in [3.63, 3.8) is 0 Å².